The molecule has 2 N–H and O–H groups in total. The monoisotopic (exact) mass is 262 g/mol. The highest BCUT2D eigenvalue weighted by molar-refractivity contribution is 5.97. The number of ether oxygens (including phenoxy) is 2. The Hall–Kier alpha value is -1.75. The number of carbonyl (C=O) groups is 1. The molecule has 5 heteroatoms. The molecule has 1 aromatic carbocycles. The molecule has 2 aliphatic heterocycles. The minimum absolute atomic E-state index is 0.0402. The van der Waals surface area contributed by atoms with Gasteiger partial charge in [0.1, 0.15) is 11.5 Å². The fourth-order valence-corrected chi connectivity index (χ4v) is 3.06. The molecule has 5 nitrogen and oxygen atoms in total. The van der Waals surface area contributed by atoms with Crippen molar-refractivity contribution >= 4 is 5.91 Å². The zero-order valence-electron chi connectivity index (χ0n) is 11.2. The number of hydrogen-bond donors (Lipinski definition) is 2. The molecule has 19 heavy (non-hydrogen) atoms. The molecule has 0 unspecified atom stereocenters. The average Bonchev–Trinajstić information content (AvgIpc) is 2.86. The fourth-order valence-electron chi connectivity index (χ4n) is 3.06. The van der Waals surface area contributed by atoms with Crippen LogP contribution in [0.3, 0.4) is 0 Å². The molecular formula is C14H18N2O3. The highest BCUT2D eigenvalue weighted by atomic mass is 16.5. The van der Waals surface area contributed by atoms with E-state index in [1.807, 2.05) is 6.07 Å². The van der Waals surface area contributed by atoms with Gasteiger partial charge in [-0.2, -0.15) is 0 Å². The molecule has 2 heterocycles. The minimum Gasteiger partial charge on any atom is -0.497 e. The van der Waals surface area contributed by atoms with E-state index in [0.717, 1.165) is 24.4 Å². The topological polar surface area (TPSA) is 59.6 Å². The third-order valence-corrected chi connectivity index (χ3v) is 4.05. The smallest absolute Gasteiger partial charge is 0.251 e. The van der Waals surface area contributed by atoms with Crippen LogP contribution in [0.4, 0.5) is 0 Å². The van der Waals surface area contributed by atoms with Gasteiger partial charge in [0.05, 0.1) is 19.8 Å². The van der Waals surface area contributed by atoms with E-state index in [1.54, 1.807) is 20.3 Å². The summed E-state index contributed by atoms with van der Waals surface area (Å²) in [5, 5.41) is 6.37. The Morgan fingerprint density at radius 2 is 2.00 bits per heavy atom. The van der Waals surface area contributed by atoms with E-state index in [9.17, 15) is 4.79 Å². The van der Waals surface area contributed by atoms with Crippen molar-refractivity contribution in [3.63, 3.8) is 0 Å². The van der Waals surface area contributed by atoms with Crippen LogP contribution in [0.5, 0.6) is 11.5 Å². The summed E-state index contributed by atoms with van der Waals surface area (Å²) in [6.07, 6.45) is 0. The van der Waals surface area contributed by atoms with Crippen LogP contribution in [-0.2, 0) is 0 Å². The number of fused-ring (bicyclic) bond motifs is 3. The fraction of sp³-hybridized carbons (Fsp3) is 0.500. The number of benzene rings is 1. The molecule has 1 fully saturated rings. The van der Waals surface area contributed by atoms with Crippen molar-refractivity contribution < 1.29 is 14.3 Å². The number of hydrogen-bond acceptors (Lipinski definition) is 4. The summed E-state index contributed by atoms with van der Waals surface area (Å²) in [7, 11) is 3.23. The lowest BCUT2D eigenvalue weighted by Crippen LogP contribution is -2.28. The quantitative estimate of drug-likeness (QED) is 0.825. The van der Waals surface area contributed by atoms with Gasteiger partial charge in [0.2, 0.25) is 0 Å². The molecule has 2 atom stereocenters. The maximum atomic E-state index is 12.2. The number of carbonyl (C=O) groups excluding carboxylic acids is 1. The summed E-state index contributed by atoms with van der Waals surface area (Å²) >= 11 is 0. The summed E-state index contributed by atoms with van der Waals surface area (Å²) in [6.45, 7) is 2.52. The summed E-state index contributed by atoms with van der Waals surface area (Å²) < 4.78 is 10.7. The van der Waals surface area contributed by atoms with Gasteiger partial charge in [-0.05, 0) is 12.0 Å². The Morgan fingerprint density at radius 3 is 2.74 bits per heavy atom. The van der Waals surface area contributed by atoms with Gasteiger partial charge in [0, 0.05) is 37.2 Å². The zero-order chi connectivity index (χ0) is 13.4. The molecule has 2 aliphatic rings. The molecule has 0 aliphatic carbocycles. The summed E-state index contributed by atoms with van der Waals surface area (Å²) in [6, 6.07) is 3.65. The standard InChI is InChI=1S/C14H18N2O3/c1-18-9-3-10-13(12(4-9)19-2)11-7-15-5-8(11)6-16-14(10)17/h3-4,8,11,15H,5-7H2,1-2H3,(H,16,17)/t8-,11+/m0/s1. The Morgan fingerprint density at radius 1 is 1.16 bits per heavy atom. The van der Waals surface area contributed by atoms with Crippen LogP contribution >= 0.6 is 0 Å². The number of methoxy groups -OCH3 is 2. The normalized spacial score (nSPS) is 25.1. The van der Waals surface area contributed by atoms with E-state index in [0.29, 0.717) is 29.7 Å². The molecule has 1 amide bonds. The predicted molar refractivity (Wildman–Crippen MR) is 71.0 cm³/mol. The van der Waals surface area contributed by atoms with Gasteiger partial charge >= 0.3 is 0 Å². The first kappa shape index (κ1) is 12.3. The average molecular weight is 262 g/mol. The van der Waals surface area contributed by atoms with E-state index in [-0.39, 0.29) is 5.91 Å². The van der Waals surface area contributed by atoms with Crippen molar-refractivity contribution in [1.82, 2.24) is 10.6 Å². The van der Waals surface area contributed by atoms with Crippen LogP contribution in [-0.4, -0.2) is 39.8 Å². The maximum absolute atomic E-state index is 12.2. The molecule has 1 saturated heterocycles. The highest BCUT2D eigenvalue weighted by Crippen LogP contribution is 2.40. The van der Waals surface area contributed by atoms with E-state index < -0.39 is 0 Å². The van der Waals surface area contributed by atoms with Crippen molar-refractivity contribution in [3.8, 4) is 11.5 Å². The molecule has 0 radical (unpaired) electrons. The molecule has 3 rings (SSSR count). The molecule has 0 aromatic heterocycles. The molecule has 102 valence electrons. The van der Waals surface area contributed by atoms with E-state index in [2.05, 4.69) is 10.6 Å². The largest absolute Gasteiger partial charge is 0.497 e. The van der Waals surface area contributed by atoms with Crippen LogP contribution in [0.25, 0.3) is 0 Å². The van der Waals surface area contributed by atoms with Crippen LogP contribution < -0.4 is 20.1 Å². The van der Waals surface area contributed by atoms with Crippen LogP contribution in [0, 0.1) is 5.92 Å². The van der Waals surface area contributed by atoms with Crippen molar-refractivity contribution in [3.05, 3.63) is 23.3 Å². The van der Waals surface area contributed by atoms with Gasteiger partial charge in [0.25, 0.3) is 5.91 Å². The summed E-state index contributed by atoms with van der Waals surface area (Å²) in [5.74, 6) is 2.09. The van der Waals surface area contributed by atoms with Gasteiger partial charge in [-0.1, -0.05) is 0 Å². The van der Waals surface area contributed by atoms with Gasteiger partial charge in [0.15, 0.2) is 0 Å². The van der Waals surface area contributed by atoms with Crippen LogP contribution in [0.2, 0.25) is 0 Å². The highest BCUT2D eigenvalue weighted by Gasteiger charge is 2.36. The van der Waals surface area contributed by atoms with Gasteiger partial charge in [-0.25, -0.2) is 0 Å². The first-order valence-electron chi connectivity index (χ1n) is 6.49. The molecular weight excluding hydrogens is 244 g/mol. The third kappa shape index (κ3) is 1.94. The Labute approximate surface area is 112 Å². The first-order chi connectivity index (χ1) is 9.24. The Kier molecular flexibility index (Phi) is 3.06. The molecule has 0 saturated carbocycles. The Bertz CT molecular complexity index is 516. The molecule has 0 spiro atoms. The Balaban J connectivity index is 2.18. The van der Waals surface area contributed by atoms with Gasteiger partial charge in [-0.3, -0.25) is 4.79 Å². The summed E-state index contributed by atoms with van der Waals surface area (Å²) in [4.78, 5) is 12.2. The van der Waals surface area contributed by atoms with Crippen LogP contribution in [0.1, 0.15) is 21.8 Å². The van der Waals surface area contributed by atoms with Gasteiger partial charge in [-0.15, -0.1) is 0 Å². The lowest BCUT2D eigenvalue weighted by Gasteiger charge is -2.20. The zero-order valence-corrected chi connectivity index (χ0v) is 11.2. The van der Waals surface area contributed by atoms with E-state index in [4.69, 9.17) is 9.47 Å². The SMILES string of the molecule is COc1cc(OC)c2c(c1)C(=O)NC[C@@H]1CNC[C@@H]21. The number of rotatable bonds is 2. The van der Waals surface area contributed by atoms with E-state index in [1.165, 1.54) is 0 Å². The lowest BCUT2D eigenvalue weighted by molar-refractivity contribution is 0.0951. The van der Waals surface area contributed by atoms with E-state index >= 15 is 0 Å². The van der Waals surface area contributed by atoms with Gasteiger partial charge < -0.3 is 20.1 Å². The first-order valence-corrected chi connectivity index (χ1v) is 6.49. The second-order valence-corrected chi connectivity index (χ2v) is 5.03. The van der Waals surface area contributed by atoms with Crippen molar-refractivity contribution in [2.45, 2.75) is 5.92 Å². The second kappa shape index (κ2) is 4.74. The van der Waals surface area contributed by atoms with Crippen molar-refractivity contribution in [1.29, 1.82) is 0 Å². The second-order valence-electron chi connectivity index (χ2n) is 5.03. The maximum Gasteiger partial charge on any atom is 0.251 e. The number of nitrogens with one attached hydrogen (secondary N) is 2. The van der Waals surface area contributed by atoms with Crippen molar-refractivity contribution in [2.24, 2.45) is 5.92 Å². The summed E-state index contributed by atoms with van der Waals surface area (Å²) in [5.41, 5.74) is 1.68. The molecule has 1 aromatic rings. The third-order valence-electron chi connectivity index (χ3n) is 4.05. The van der Waals surface area contributed by atoms with Crippen LogP contribution in [0.15, 0.2) is 12.1 Å². The lowest BCUT2D eigenvalue weighted by atomic mass is 9.86. The number of amides is 1. The van der Waals surface area contributed by atoms with Crippen molar-refractivity contribution in [2.75, 3.05) is 33.9 Å². The molecule has 0 bridgehead atoms. The predicted octanol–water partition coefficient (Wildman–Crippen LogP) is 0.750. The minimum atomic E-state index is -0.0402.